The van der Waals surface area contributed by atoms with Gasteiger partial charge in [-0.1, -0.05) is 24.1 Å². The van der Waals surface area contributed by atoms with Crippen molar-refractivity contribution >= 4 is 12.1 Å². The maximum absolute atomic E-state index is 10.2. The molecule has 4 nitrogen and oxygen atoms in total. The average molecular weight is 230 g/mol. The van der Waals surface area contributed by atoms with Gasteiger partial charge in [-0.2, -0.15) is 9.59 Å². The molecule has 0 radical (unpaired) electrons. The summed E-state index contributed by atoms with van der Waals surface area (Å²) in [5.74, 6) is 6.20. The second-order valence-corrected chi connectivity index (χ2v) is 2.27. The highest BCUT2D eigenvalue weighted by atomic mass is 16.4. The largest absolute Gasteiger partial charge is 0.478 e. The van der Waals surface area contributed by atoms with Gasteiger partial charge in [-0.3, -0.25) is 0 Å². The van der Waals surface area contributed by atoms with Crippen molar-refractivity contribution in [2.24, 2.45) is 0 Å². The molecule has 17 heavy (non-hydrogen) atoms. The Balaban J connectivity index is 0. The molecule has 1 aromatic carbocycles. The van der Waals surface area contributed by atoms with E-state index in [9.17, 15) is 4.79 Å². The molecular weight excluding hydrogens is 220 g/mol. The summed E-state index contributed by atoms with van der Waals surface area (Å²) in [5, 5.41) is 8.38. The van der Waals surface area contributed by atoms with Crippen LogP contribution < -0.4 is 0 Å². The van der Waals surface area contributed by atoms with Gasteiger partial charge in [-0.05, 0) is 30.9 Å². The molecule has 0 aliphatic rings. The molecular formula is C13H10O4. The van der Waals surface area contributed by atoms with Crippen LogP contribution in [0.3, 0.4) is 0 Å². The Kier molecular flexibility index (Phi) is 12.9. The maximum Gasteiger partial charge on any atom is 0.373 e. The Labute approximate surface area is 99.3 Å². The van der Waals surface area contributed by atoms with Crippen LogP contribution >= 0.6 is 0 Å². The van der Waals surface area contributed by atoms with Crippen molar-refractivity contribution in [3.05, 3.63) is 35.9 Å². The van der Waals surface area contributed by atoms with E-state index in [2.05, 4.69) is 17.8 Å². The van der Waals surface area contributed by atoms with Crippen molar-refractivity contribution in [2.75, 3.05) is 0 Å². The first-order valence-electron chi connectivity index (χ1n) is 4.29. The van der Waals surface area contributed by atoms with E-state index in [0.29, 0.717) is 5.56 Å². The van der Waals surface area contributed by atoms with Gasteiger partial charge in [-0.25, -0.2) is 4.79 Å². The summed E-state index contributed by atoms with van der Waals surface area (Å²) < 4.78 is 0. The molecule has 0 saturated heterocycles. The van der Waals surface area contributed by atoms with Gasteiger partial charge in [0.15, 0.2) is 0 Å². The molecule has 0 amide bonds. The van der Waals surface area contributed by atoms with Crippen LogP contribution in [0.4, 0.5) is 0 Å². The van der Waals surface area contributed by atoms with Crippen LogP contribution in [0, 0.1) is 24.2 Å². The van der Waals surface area contributed by atoms with E-state index in [1.54, 1.807) is 37.3 Å². The van der Waals surface area contributed by atoms with Crippen LogP contribution in [0.5, 0.6) is 0 Å². The Bertz CT molecular complexity index is 452. The molecule has 0 heterocycles. The lowest BCUT2D eigenvalue weighted by atomic mass is 10.2. The van der Waals surface area contributed by atoms with Gasteiger partial charge >= 0.3 is 12.1 Å². The second kappa shape index (κ2) is 13.2. The molecule has 0 aliphatic heterocycles. The quantitative estimate of drug-likeness (QED) is 0.741. The zero-order chi connectivity index (χ0) is 13.5. The van der Waals surface area contributed by atoms with Gasteiger partial charge in [0.2, 0.25) is 0 Å². The number of benzene rings is 1. The van der Waals surface area contributed by atoms with Crippen LogP contribution in [-0.4, -0.2) is 17.2 Å². The molecule has 0 atom stereocenters. The minimum absolute atomic E-state index is 0.250. The number of carboxylic acids is 1. The van der Waals surface area contributed by atoms with Crippen molar-refractivity contribution in [3.8, 4) is 24.2 Å². The number of aromatic carboxylic acids is 1. The van der Waals surface area contributed by atoms with E-state index in [-0.39, 0.29) is 6.15 Å². The second-order valence-electron chi connectivity index (χ2n) is 2.27. The van der Waals surface area contributed by atoms with Crippen molar-refractivity contribution in [3.63, 3.8) is 0 Å². The highest BCUT2D eigenvalue weighted by Crippen LogP contribution is 1.96. The van der Waals surface area contributed by atoms with Crippen LogP contribution in [0.25, 0.3) is 0 Å². The fourth-order valence-corrected chi connectivity index (χ4v) is 0.653. The first-order chi connectivity index (χ1) is 8.13. The standard InChI is InChI=1S/C7H6O2.C5H4.CO2/c8-7(9)6-4-2-1-3-5-6;1-3-5-4-2;2-1-3/h1-5H,(H,8,9);1H,2H3;. The number of terminal acetylenes is 1. The Morgan fingerprint density at radius 1 is 1.24 bits per heavy atom. The van der Waals surface area contributed by atoms with Crippen molar-refractivity contribution in [1.29, 1.82) is 0 Å². The molecule has 4 heteroatoms. The van der Waals surface area contributed by atoms with E-state index >= 15 is 0 Å². The van der Waals surface area contributed by atoms with Crippen LogP contribution in [0.15, 0.2) is 30.3 Å². The van der Waals surface area contributed by atoms with E-state index < -0.39 is 5.97 Å². The number of carbonyl (C=O) groups excluding carboxylic acids is 2. The Morgan fingerprint density at radius 2 is 1.71 bits per heavy atom. The molecule has 0 bridgehead atoms. The predicted octanol–water partition coefficient (Wildman–Crippen LogP) is 1.44. The summed E-state index contributed by atoms with van der Waals surface area (Å²) in [7, 11) is 0. The van der Waals surface area contributed by atoms with E-state index in [0.717, 1.165) is 0 Å². The van der Waals surface area contributed by atoms with Gasteiger partial charge in [0.25, 0.3) is 0 Å². The van der Waals surface area contributed by atoms with Crippen LogP contribution in [0.1, 0.15) is 17.3 Å². The fourth-order valence-electron chi connectivity index (χ4n) is 0.653. The SMILES string of the molecule is C#CC#CC.O=C(O)c1ccccc1.O=C=O. The predicted molar refractivity (Wildman–Crippen MR) is 60.7 cm³/mol. The third kappa shape index (κ3) is 13.2. The summed E-state index contributed by atoms with van der Waals surface area (Å²) in [6, 6.07) is 8.30. The molecule has 0 spiro atoms. The number of hydrogen-bond donors (Lipinski definition) is 1. The summed E-state index contributed by atoms with van der Waals surface area (Å²) in [6.45, 7) is 1.71. The zero-order valence-corrected chi connectivity index (χ0v) is 9.14. The van der Waals surface area contributed by atoms with Crippen molar-refractivity contribution in [1.82, 2.24) is 0 Å². The number of carboxylic acid groups (broad SMARTS) is 1. The van der Waals surface area contributed by atoms with Gasteiger partial charge in [0.05, 0.1) is 5.56 Å². The Hall–Kier alpha value is -2.81. The third-order valence-corrected chi connectivity index (χ3v) is 1.22. The van der Waals surface area contributed by atoms with Gasteiger partial charge in [-0.15, -0.1) is 6.42 Å². The molecule has 0 saturated carbocycles. The molecule has 1 rings (SSSR count). The molecule has 86 valence electrons. The summed E-state index contributed by atoms with van der Waals surface area (Å²) >= 11 is 0. The summed E-state index contributed by atoms with van der Waals surface area (Å²) in [6.07, 6.45) is 4.97. The topological polar surface area (TPSA) is 71.4 Å². The van der Waals surface area contributed by atoms with E-state index in [4.69, 9.17) is 21.1 Å². The minimum Gasteiger partial charge on any atom is -0.478 e. The lowest BCUT2D eigenvalue weighted by Gasteiger charge is -1.88. The highest BCUT2D eigenvalue weighted by Gasteiger charge is 1.96. The smallest absolute Gasteiger partial charge is 0.373 e. The molecule has 0 aromatic heterocycles. The van der Waals surface area contributed by atoms with Crippen molar-refractivity contribution in [2.45, 2.75) is 6.92 Å². The number of rotatable bonds is 1. The number of hydrogen-bond acceptors (Lipinski definition) is 3. The normalized spacial score (nSPS) is 6.12. The zero-order valence-electron chi connectivity index (χ0n) is 9.14. The highest BCUT2D eigenvalue weighted by molar-refractivity contribution is 5.87. The molecule has 1 N–H and O–H groups in total. The monoisotopic (exact) mass is 230 g/mol. The average Bonchev–Trinajstić information content (AvgIpc) is 2.33. The summed E-state index contributed by atoms with van der Waals surface area (Å²) in [5.41, 5.74) is 0.331. The third-order valence-electron chi connectivity index (χ3n) is 1.22. The van der Waals surface area contributed by atoms with Gasteiger partial charge in [0, 0.05) is 0 Å². The molecule has 0 aliphatic carbocycles. The first-order valence-corrected chi connectivity index (χ1v) is 4.29. The van der Waals surface area contributed by atoms with E-state index in [1.165, 1.54) is 0 Å². The fraction of sp³-hybridized carbons (Fsp3) is 0.0769. The van der Waals surface area contributed by atoms with Crippen molar-refractivity contribution < 1.29 is 19.5 Å². The lowest BCUT2D eigenvalue weighted by Crippen LogP contribution is -1.93. The molecule has 1 aromatic rings. The van der Waals surface area contributed by atoms with Gasteiger partial charge < -0.3 is 5.11 Å². The maximum atomic E-state index is 10.2. The minimum atomic E-state index is -0.879. The molecule has 0 unspecified atom stereocenters. The first kappa shape index (κ1) is 16.6. The summed E-state index contributed by atoms with van der Waals surface area (Å²) in [4.78, 5) is 26.5. The Morgan fingerprint density at radius 3 is 1.88 bits per heavy atom. The van der Waals surface area contributed by atoms with Crippen LogP contribution in [-0.2, 0) is 9.59 Å². The number of carbonyl (C=O) groups is 1. The molecule has 0 fully saturated rings. The van der Waals surface area contributed by atoms with Gasteiger partial charge in [0.1, 0.15) is 0 Å². The lowest BCUT2D eigenvalue weighted by molar-refractivity contribution is -0.191. The van der Waals surface area contributed by atoms with E-state index in [1.807, 2.05) is 0 Å². The van der Waals surface area contributed by atoms with Crippen LogP contribution in [0.2, 0.25) is 0 Å².